The minimum absolute atomic E-state index is 0.000440. The van der Waals surface area contributed by atoms with Crippen molar-refractivity contribution in [2.24, 2.45) is 11.1 Å². The van der Waals surface area contributed by atoms with Gasteiger partial charge >= 0.3 is 0 Å². The number of carbonyl (C=O) groups is 2. The van der Waals surface area contributed by atoms with Gasteiger partial charge in [0.15, 0.2) is 0 Å². The Hall–Kier alpha value is -1.10. The first-order chi connectivity index (χ1) is 6.79. The molecule has 0 aromatic carbocycles. The van der Waals surface area contributed by atoms with Crippen LogP contribution in [0.5, 0.6) is 0 Å². The third-order valence-electron chi connectivity index (χ3n) is 1.98. The number of nitrogens with two attached hydrogens (primary N) is 1. The monoisotopic (exact) mass is 215 g/mol. The van der Waals surface area contributed by atoms with Crippen LogP contribution >= 0.6 is 0 Å². The Morgan fingerprint density at radius 3 is 2.27 bits per heavy atom. The van der Waals surface area contributed by atoms with E-state index < -0.39 is 5.41 Å². The lowest BCUT2D eigenvalue weighted by Crippen LogP contribution is -2.46. The molecule has 0 aromatic rings. The molecule has 4 N–H and O–H groups in total. The van der Waals surface area contributed by atoms with Crippen LogP contribution in [-0.2, 0) is 9.59 Å². The van der Waals surface area contributed by atoms with Gasteiger partial charge in [-0.3, -0.25) is 9.59 Å². The zero-order valence-electron chi connectivity index (χ0n) is 9.89. The minimum Gasteiger partial charge on any atom is -0.352 e. The topological polar surface area (TPSA) is 84.2 Å². The second-order valence-electron chi connectivity index (χ2n) is 4.49. The molecule has 0 heterocycles. The molecule has 0 fully saturated rings. The Labute approximate surface area is 90.8 Å². The summed E-state index contributed by atoms with van der Waals surface area (Å²) in [6.07, 6.45) is 0. The molecule has 88 valence electrons. The van der Waals surface area contributed by atoms with Crippen LogP contribution in [-0.4, -0.2) is 30.9 Å². The summed E-state index contributed by atoms with van der Waals surface area (Å²) in [7, 11) is 0. The summed E-state index contributed by atoms with van der Waals surface area (Å²) in [6.45, 7) is 7.46. The lowest BCUT2D eigenvalue weighted by molar-refractivity contribution is -0.131. The van der Waals surface area contributed by atoms with Crippen LogP contribution < -0.4 is 16.4 Å². The summed E-state index contributed by atoms with van der Waals surface area (Å²) in [6, 6.07) is 0.0805. The van der Waals surface area contributed by atoms with Gasteiger partial charge in [-0.25, -0.2) is 0 Å². The third-order valence-corrected chi connectivity index (χ3v) is 1.98. The maximum Gasteiger partial charge on any atom is 0.239 e. The molecule has 0 radical (unpaired) electrons. The highest BCUT2D eigenvalue weighted by Gasteiger charge is 2.25. The molecule has 0 bridgehead atoms. The van der Waals surface area contributed by atoms with Crippen molar-refractivity contribution in [3.63, 3.8) is 0 Å². The molecule has 5 nitrogen and oxygen atoms in total. The molecule has 0 saturated heterocycles. The van der Waals surface area contributed by atoms with Gasteiger partial charge in [-0.15, -0.1) is 0 Å². The van der Waals surface area contributed by atoms with Crippen molar-refractivity contribution in [2.45, 2.75) is 33.7 Å². The van der Waals surface area contributed by atoms with E-state index in [1.54, 1.807) is 13.8 Å². The number of nitrogens with one attached hydrogen (secondary N) is 2. The van der Waals surface area contributed by atoms with Gasteiger partial charge in [-0.05, 0) is 27.7 Å². The van der Waals surface area contributed by atoms with E-state index in [1.165, 1.54) is 0 Å². The fourth-order valence-electron chi connectivity index (χ4n) is 0.866. The highest BCUT2D eigenvalue weighted by molar-refractivity contribution is 5.87. The number of carbonyl (C=O) groups excluding carboxylic acids is 2. The highest BCUT2D eigenvalue weighted by Crippen LogP contribution is 2.11. The van der Waals surface area contributed by atoms with Crippen LogP contribution in [0.1, 0.15) is 27.7 Å². The van der Waals surface area contributed by atoms with E-state index in [9.17, 15) is 9.59 Å². The molecule has 5 heteroatoms. The quantitative estimate of drug-likeness (QED) is 0.584. The summed E-state index contributed by atoms with van der Waals surface area (Å²) >= 11 is 0. The lowest BCUT2D eigenvalue weighted by Gasteiger charge is -2.21. The summed E-state index contributed by atoms with van der Waals surface area (Å²) in [5.41, 5.74) is 4.81. The second kappa shape index (κ2) is 5.70. The Bertz CT molecular complexity index is 237. The Morgan fingerprint density at radius 1 is 1.33 bits per heavy atom. The van der Waals surface area contributed by atoms with Gasteiger partial charge in [0.1, 0.15) is 0 Å². The zero-order valence-corrected chi connectivity index (χ0v) is 9.89. The first-order valence-corrected chi connectivity index (χ1v) is 5.07. The van der Waals surface area contributed by atoms with Crippen LogP contribution in [0.25, 0.3) is 0 Å². The van der Waals surface area contributed by atoms with E-state index in [2.05, 4.69) is 10.6 Å². The molecule has 0 aliphatic rings. The van der Waals surface area contributed by atoms with Crippen molar-refractivity contribution in [3.8, 4) is 0 Å². The van der Waals surface area contributed by atoms with Gasteiger partial charge in [-0.1, -0.05) is 0 Å². The number of rotatable bonds is 5. The van der Waals surface area contributed by atoms with E-state index in [1.807, 2.05) is 13.8 Å². The van der Waals surface area contributed by atoms with E-state index in [-0.39, 0.29) is 30.9 Å². The molecule has 0 unspecified atom stereocenters. The number of hydrogen-bond donors (Lipinski definition) is 3. The Morgan fingerprint density at radius 2 is 1.87 bits per heavy atom. The highest BCUT2D eigenvalue weighted by atomic mass is 16.2. The molecule has 0 aliphatic carbocycles. The van der Waals surface area contributed by atoms with Crippen LogP contribution in [0.4, 0.5) is 0 Å². The molecule has 0 aromatic heterocycles. The van der Waals surface area contributed by atoms with E-state index in [0.29, 0.717) is 0 Å². The fraction of sp³-hybridized carbons (Fsp3) is 0.800. The maximum absolute atomic E-state index is 11.5. The van der Waals surface area contributed by atoms with Crippen LogP contribution in [0.15, 0.2) is 0 Å². The van der Waals surface area contributed by atoms with Crippen molar-refractivity contribution in [3.05, 3.63) is 0 Å². The van der Waals surface area contributed by atoms with Crippen LogP contribution in [0.2, 0.25) is 0 Å². The molecule has 0 saturated carbocycles. The molecular formula is C10H21N3O2. The van der Waals surface area contributed by atoms with Gasteiger partial charge in [0.05, 0.1) is 12.0 Å². The predicted octanol–water partition coefficient (Wildman–Crippen LogP) is -0.388. The minimum atomic E-state index is -0.627. The molecule has 0 rings (SSSR count). The predicted molar refractivity (Wildman–Crippen MR) is 59.1 cm³/mol. The second-order valence-corrected chi connectivity index (χ2v) is 4.49. The molecule has 15 heavy (non-hydrogen) atoms. The van der Waals surface area contributed by atoms with E-state index in [4.69, 9.17) is 5.73 Å². The van der Waals surface area contributed by atoms with Gasteiger partial charge in [-0.2, -0.15) is 0 Å². The van der Waals surface area contributed by atoms with Crippen molar-refractivity contribution in [1.82, 2.24) is 10.6 Å². The standard InChI is InChI=1S/C10H21N3O2/c1-7(2)13-8(14)5-12-9(15)10(3,4)6-11/h7H,5-6,11H2,1-4H3,(H,12,15)(H,13,14). The molecule has 0 aliphatic heterocycles. The van der Waals surface area contributed by atoms with Gasteiger partial charge < -0.3 is 16.4 Å². The van der Waals surface area contributed by atoms with E-state index >= 15 is 0 Å². The number of hydrogen-bond acceptors (Lipinski definition) is 3. The smallest absolute Gasteiger partial charge is 0.239 e. The van der Waals surface area contributed by atoms with Crippen molar-refractivity contribution in [2.75, 3.05) is 13.1 Å². The maximum atomic E-state index is 11.5. The summed E-state index contributed by atoms with van der Waals surface area (Å²) in [4.78, 5) is 22.7. The molecule has 0 spiro atoms. The Kier molecular flexibility index (Phi) is 5.28. The molecular weight excluding hydrogens is 194 g/mol. The van der Waals surface area contributed by atoms with Crippen molar-refractivity contribution < 1.29 is 9.59 Å². The SMILES string of the molecule is CC(C)NC(=O)CNC(=O)C(C)(C)CN. The normalized spacial score (nSPS) is 11.3. The summed E-state index contributed by atoms with van der Waals surface area (Å²) < 4.78 is 0. The first kappa shape index (κ1) is 13.9. The average Bonchev–Trinajstić information content (AvgIpc) is 2.13. The first-order valence-electron chi connectivity index (χ1n) is 5.07. The largest absolute Gasteiger partial charge is 0.352 e. The zero-order chi connectivity index (χ0) is 12.1. The summed E-state index contributed by atoms with van der Waals surface area (Å²) in [5, 5.41) is 5.23. The van der Waals surface area contributed by atoms with Crippen LogP contribution in [0, 0.1) is 5.41 Å². The third kappa shape index (κ3) is 5.37. The molecule has 0 atom stereocenters. The van der Waals surface area contributed by atoms with Gasteiger partial charge in [0, 0.05) is 12.6 Å². The fourth-order valence-corrected chi connectivity index (χ4v) is 0.866. The van der Waals surface area contributed by atoms with Crippen LogP contribution in [0.3, 0.4) is 0 Å². The Balaban J connectivity index is 3.96. The van der Waals surface area contributed by atoms with E-state index in [0.717, 1.165) is 0 Å². The summed E-state index contributed by atoms with van der Waals surface area (Å²) in [5.74, 6) is -0.393. The van der Waals surface area contributed by atoms with Crippen molar-refractivity contribution in [1.29, 1.82) is 0 Å². The molecule has 2 amide bonds. The van der Waals surface area contributed by atoms with Gasteiger partial charge in [0.25, 0.3) is 0 Å². The lowest BCUT2D eigenvalue weighted by atomic mass is 9.93. The average molecular weight is 215 g/mol. The van der Waals surface area contributed by atoms with Crippen molar-refractivity contribution >= 4 is 11.8 Å². The van der Waals surface area contributed by atoms with Gasteiger partial charge in [0.2, 0.25) is 11.8 Å². The number of amides is 2.